The molecule has 7 heteroatoms. The van der Waals surface area contributed by atoms with Gasteiger partial charge >= 0.3 is 6.03 Å². The van der Waals surface area contributed by atoms with Gasteiger partial charge in [0, 0.05) is 38.1 Å². The molecular formula is C16H31ClN4O2. The van der Waals surface area contributed by atoms with Gasteiger partial charge in [-0.05, 0) is 32.1 Å². The molecule has 1 unspecified atom stereocenters. The summed E-state index contributed by atoms with van der Waals surface area (Å²) in [6, 6.07) is 0.445. The third kappa shape index (κ3) is 6.55. The summed E-state index contributed by atoms with van der Waals surface area (Å²) < 4.78 is 0. The van der Waals surface area contributed by atoms with Gasteiger partial charge in [-0.1, -0.05) is 19.3 Å². The summed E-state index contributed by atoms with van der Waals surface area (Å²) in [4.78, 5) is 25.8. The first kappa shape index (κ1) is 20.0. The molecule has 0 spiro atoms. The standard InChI is InChI=1S/C16H30N4O2.ClH/c17-12-14-8-5-11-20(14)15(21)9-4-10-18-16(22)19-13-6-2-1-3-7-13;/h13-14H,1-12,17H2,(H2,18,19,22);1H. The van der Waals surface area contributed by atoms with Gasteiger partial charge in [0.25, 0.3) is 0 Å². The molecule has 2 aliphatic rings. The van der Waals surface area contributed by atoms with Gasteiger partial charge in [-0.15, -0.1) is 12.4 Å². The second kappa shape index (κ2) is 10.7. The lowest BCUT2D eigenvalue weighted by Crippen LogP contribution is -2.43. The van der Waals surface area contributed by atoms with E-state index in [2.05, 4.69) is 10.6 Å². The van der Waals surface area contributed by atoms with Gasteiger partial charge in [-0.3, -0.25) is 4.79 Å². The lowest BCUT2D eigenvalue weighted by molar-refractivity contribution is -0.131. The highest BCUT2D eigenvalue weighted by molar-refractivity contribution is 5.85. The van der Waals surface area contributed by atoms with Crippen LogP contribution in [0, 0.1) is 0 Å². The molecule has 134 valence electrons. The molecule has 1 aliphatic heterocycles. The van der Waals surface area contributed by atoms with Crippen molar-refractivity contribution in [3.05, 3.63) is 0 Å². The highest BCUT2D eigenvalue weighted by atomic mass is 35.5. The van der Waals surface area contributed by atoms with Gasteiger partial charge in [0.15, 0.2) is 0 Å². The topological polar surface area (TPSA) is 87.5 Å². The molecule has 0 aromatic heterocycles. The first-order valence-electron chi connectivity index (χ1n) is 8.74. The van der Waals surface area contributed by atoms with Gasteiger partial charge < -0.3 is 21.3 Å². The molecule has 2 fully saturated rings. The predicted molar refractivity (Wildman–Crippen MR) is 93.7 cm³/mol. The molecule has 0 radical (unpaired) electrons. The summed E-state index contributed by atoms with van der Waals surface area (Å²) in [6.07, 6.45) is 9.10. The Bertz CT molecular complexity index is 375. The quantitative estimate of drug-likeness (QED) is 0.640. The van der Waals surface area contributed by atoms with E-state index in [9.17, 15) is 9.59 Å². The number of nitrogens with one attached hydrogen (secondary N) is 2. The van der Waals surface area contributed by atoms with E-state index in [-0.39, 0.29) is 30.4 Å². The molecule has 2 rings (SSSR count). The molecule has 1 saturated carbocycles. The van der Waals surface area contributed by atoms with Crippen molar-refractivity contribution in [2.45, 2.75) is 69.9 Å². The van der Waals surface area contributed by atoms with E-state index in [1.807, 2.05) is 4.90 Å². The van der Waals surface area contributed by atoms with Gasteiger partial charge in [0.2, 0.25) is 5.91 Å². The van der Waals surface area contributed by atoms with Crippen molar-refractivity contribution < 1.29 is 9.59 Å². The van der Waals surface area contributed by atoms with Crippen molar-refractivity contribution in [2.75, 3.05) is 19.6 Å². The zero-order valence-electron chi connectivity index (χ0n) is 13.9. The van der Waals surface area contributed by atoms with Crippen molar-refractivity contribution in [2.24, 2.45) is 5.73 Å². The van der Waals surface area contributed by atoms with E-state index in [4.69, 9.17) is 5.73 Å². The predicted octanol–water partition coefficient (Wildman–Crippen LogP) is 1.77. The third-order valence-corrected chi connectivity index (χ3v) is 4.76. The number of rotatable bonds is 6. The highest BCUT2D eigenvalue weighted by Crippen LogP contribution is 2.18. The lowest BCUT2D eigenvalue weighted by atomic mass is 9.96. The molecule has 0 bridgehead atoms. The molecule has 6 nitrogen and oxygen atoms in total. The molecule has 1 saturated heterocycles. The van der Waals surface area contributed by atoms with Crippen LogP contribution in [-0.2, 0) is 4.79 Å². The van der Waals surface area contributed by atoms with E-state index >= 15 is 0 Å². The molecule has 0 aromatic rings. The smallest absolute Gasteiger partial charge is 0.315 e. The maximum atomic E-state index is 12.1. The largest absolute Gasteiger partial charge is 0.338 e. The Balaban J connectivity index is 0.00000264. The molecule has 0 aromatic carbocycles. The minimum absolute atomic E-state index is 0. The van der Waals surface area contributed by atoms with E-state index in [1.165, 1.54) is 19.3 Å². The fraction of sp³-hybridized carbons (Fsp3) is 0.875. The van der Waals surface area contributed by atoms with Gasteiger partial charge in [-0.2, -0.15) is 0 Å². The summed E-state index contributed by atoms with van der Waals surface area (Å²) in [5.41, 5.74) is 5.69. The maximum absolute atomic E-state index is 12.1. The second-order valence-electron chi connectivity index (χ2n) is 6.46. The van der Waals surface area contributed by atoms with Crippen LogP contribution < -0.4 is 16.4 Å². The first-order valence-corrected chi connectivity index (χ1v) is 8.74. The molecule has 4 N–H and O–H groups in total. The number of carbonyl (C=O) groups excluding carboxylic acids is 2. The van der Waals surface area contributed by atoms with Crippen LogP contribution in [0.2, 0.25) is 0 Å². The van der Waals surface area contributed by atoms with Crippen LogP contribution >= 0.6 is 12.4 Å². The molecule has 1 aliphatic carbocycles. The van der Waals surface area contributed by atoms with E-state index in [0.717, 1.165) is 32.2 Å². The van der Waals surface area contributed by atoms with E-state index in [0.29, 0.717) is 32.0 Å². The summed E-state index contributed by atoms with van der Waals surface area (Å²) >= 11 is 0. The van der Waals surface area contributed by atoms with Crippen LogP contribution in [0.1, 0.15) is 57.8 Å². The van der Waals surface area contributed by atoms with Crippen molar-refractivity contribution in [3.63, 3.8) is 0 Å². The van der Waals surface area contributed by atoms with Gasteiger partial charge in [0.1, 0.15) is 0 Å². The fourth-order valence-corrected chi connectivity index (χ4v) is 3.48. The number of nitrogens with zero attached hydrogens (tertiary/aromatic N) is 1. The maximum Gasteiger partial charge on any atom is 0.315 e. The summed E-state index contributed by atoms with van der Waals surface area (Å²) in [7, 11) is 0. The summed E-state index contributed by atoms with van der Waals surface area (Å²) in [5, 5.41) is 5.87. The third-order valence-electron chi connectivity index (χ3n) is 4.76. The Kier molecular flexibility index (Phi) is 9.33. The van der Waals surface area contributed by atoms with Crippen molar-refractivity contribution in [3.8, 4) is 0 Å². The molecule has 1 heterocycles. The number of halogens is 1. The zero-order chi connectivity index (χ0) is 15.8. The van der Waals surface area contributed by atoms with Crippen LogP contribution in [0.25, 0.3) is 0 Å². The van der Waals surface area contributed by atoms with Crippen LogP contribution in [0.4, 0.5) is 4.79 Å². The monoisotopic (exact) mass is 346 g/mol. The van der Waals surface area contributed by atoms with Crippen LogP contribution in [0.3, 0.4) is 0 Å². The van der Waals surface area contributed by atoms with Crippen molar-refractivity contribution >= 4 is 24.3 Å². The molecule has 1 atom stereocenters. The number of amides is 3. The Morgan fingerprint density at radius 2 is 1.83 bits per heavy atom. The van der Waals surface area contributed by atoms with Gasteiger partial charge in [-0.25, -0.2) is 4.79 Å². The van der Waals surface area contributed by atoms with E-state index < -0.39 is 0 Å². The average Bonchev–Trinajstić information content (AvgIpc) is 3.01. The Morgan fingerprint density at radius 3 is 2.52 bits per heavy atom. The summed E-state index contributed by atoms with van der Waals surface area (Å²) in [6.45, 7) is 1.93. The fourth-order valence-electron chi connectivity index (χ4n) is 3.48. The second-order valence-corrected chi connectivity index (χ2v) is 6.46. The number of urea groups is 1. The van der Waals surface area contributed by atoms with Crippen LogP contribution in [0.5, 0.6) is 0 Å². The van der Waals surface area contributed by atoms with E-state index in [1.54, 1.807) is 0 Å². The lowest BCUT2D eigenvalue weighted by Gasteiger charge is -2.24. The summed E-state index contributed by atoms with van der Waals surface area (Å²) in [5.74, 6) is 0.169. The Labute approximate surface area is 145 Å². The highest BCUT2D eigenvalue weighted by Gasteiger charge is 2.26. The zero-order valence-corrected chi connectivity index (χ0v) is 14.7. The van der Waals surface area contributed by atoms with Crippen molar-refractivity contribution in [1.82, 2.24) is 15.5 Å². The Morgan fingerprint density at radius 1 is 1.09 bits per heavy atom. The van der Waals surface area contributed by atoms with Crippen LogP contribution in [0.15, 0.2) is 0 Å². The van der Waals surface area contributed by atoms with Gasteiger partial charge in [0.05, 0.1) is 0 Å². The molecule has 23 heavy (non-hydrogen) atoms. The molecular weight excluding hydrogens is 316 g/mol. The van der Waals surface area contributed by atoms with Crippen molar-refractivity contribution in [1.29, 1.82) is 0 Å². The number of likely N-dealkylation sites (tertiary alicyclic amines) is 1. The minimum Gasteiger partial charge on any atom is -0.338 e. The normalized spacial score (nSPS) is 21.6. The molecule has 3 amide bonds. The number of hydrogen-bond acceptors (Lipinski definition) is 3. The average molecular weight is 347 g/mol. The number of carbonyl (C=O) groups is 2. The SMILES string of the molecule is Cl.NCC1CCCN1C(=O)CCCNC(=O)NC1CCCCC1. The van der Waals surface area contributed by atoms with Crippen LogP contribution in [-0.4, -0.2) is 48.6 Å². The Hall–Kier alpha value is -1.01. The number of hydrogen-bond donors (Lipinski definition) is 3. The first-order chi connectivity index (χ1) is 10.7. The minimum atomic E-state index is -0.0969. The number of nitrogens with two attached hydrogens (primary N) is 1.